The number of halogens is 1. The van der Waals surface area contributed by atoms with Gasteiger partial charge < -0.3 is 4.74 Å². The SMILES string of the molecule is CCCc1cc(C)cc(CC(CC)CC)c1OCCC(C)F. The summed E-state index contributed by atoms with van der Waals surface area (Å²) in [6.45, 7) is 10.9. The molecule has 126 valence electrons. The Kier molecular flexibility index (Phi) is 8.52. The fourth-order valence-corrected chi connectivity index (χ4v) is 2.93. The molecule has 1 aromatic rings. The summed E-state index contributed by atoms with van der Waals surface area (Å²) in [5.41, 5.74) is 3.90. The third kappa shape index (κ3) is 5.98. The predicted octanol–water partition coefficient (Wildman–Crippen LogP) is 6.05. The summed E-state index contributed by atoms with van der Waals surface area (Å²) in [4.78, 5) is 0. The van der Waals surface area contributed by atoms with Gasteiger partial charge in [-0.1, -0.05) is 57.7 Å². The highest BCUT2D eigenvalue weighted by Crippen LogP contribution is 2.31. The van der Waals surface area contributed by atoms with E-state index in [2.05, 4.69) is 39.8 Å². The van der Waals surface area contributed by atoms with E-state index < -0.39 is 6.17 Å². The molecule has 0 aromatic heterocycles. The van der Waals surface area contributed by atoms with Gasteiger partial charge in [0.15, 0.2) is 0 Å². The number of alkyl halides is 1. The maximum atomic E-state index is 13.1. The lowest BCUT2D eigenvalue weighted by atomic mass is 9.91. The van der Waals surface area contributed by atoms with Crippen LogP contribution in [0.15, 0.2) is 12.1 Å². The molecule has 0 aliphatic carbocycles. The van der Waals surface area contributed by atoms with Gasteiger partial charge in [-0.05, 0) is 43.7 Å². The largest absolute Gasteiger partial charge is 0.493 e. The Morgan fingerprint density at radius 1 is 1.09 bits per heavy atom. The van der Waals surface area contributed by atoms with Gasteiger partial charge >= 0.3 is 0 Å². The van der Waals surface area contributed by atoms with Crippen molar-refractivity contribution in [3.63, 3.8) is 0 Å². The number of benzene rings is 1. The van der Waals surface area contributed by atoms with E-state index in [1.807, 2.05) is 0 Å². The van der Waals surface area contributed by atoms with Crippen LogP contribution < -0.4 is 4.74 Å². The second-order valence-corrected chi connectivity index (χ2v) is 6.47. The Morgan fingerprint density at radius 2 is 1.73 bits per heavy atom. The Hall–Kier alpha value is -1.05. The molecule has 1 nitrogen and oxygen atoms in total. The van der Waals surface area contributed by atoms with Crippen molar-refractivity contribution in [1.29, 1.82) is 0 Å². The first-order valence-electron chi connectivity index (χ1n) is 8.90. The van der Waals surface area contributed by atoms with E-state index in [1.54, 1.807) is 6.92 Å². The van der Waals surface area contributed by atoms with Crippen molar-refractivity contribution in [3.05, 3.63) is 28.8 Å². The minimum atomic E-state index is -0.803. The van der Waals surface area contributed by atoms with E-state index in [9.17, 15) is 4.39 Å². The first kappa shape index (κ1) is 19.0. The lowest BCUT2D eigenvalue weighted by Crippen LogP contribution is -2.10. The standard InChI is InChI=1S/C20H33FO/c1-6-9-18-12-15(4)13-19(14-17(7-2)8-3)20(18)22-11-10-16(5)21/h12-13,16-17H,6-11,14H2,1-5H3. The topological polar surface area (TPSA) is 9.23 Å². The van der Waals surface area contributed by atoms with E-state index >= 15 is 0 Å². The molecular formula is C20H33FO. The molecule has 0 aliphatic rings. The van der Waals surface area contributed by atoms with Gasteiger partial charge in [-0.3, -0.25) is 0 Å². The van der Waals surface area contributed by atoms with Crippen molar-refractivity contribution >= 4 is 0 Å². The number of ether oxygens (including phenoxy) is 1. The second kappa shape index (κ2) is 9.86. The molecule has 2 heteroatoms. The molecule has 0 saturated carbocycles. The van der Waals surface area contributed by atoms with Crippen molar-refractivity contribution in [3.8, 4) is 5.75 Å². The van der Waals surface area contributed by atoms with E-state index in [-0.39, 0.29) is 0 Å². The molecular weight excluding hydrogens is 275 g/mol. The third-order valence-electron chi connectivity index (χ3n) is 4.33. The van der Waals surface area contributed by atoms with Crippen molar-refractivity contribution in [2.45, 2.75) is 79.3 Å². The van der Waals surface area contributed by atoms with Crippen molar-refractivity contribution < 1.29 is 9.13 Å². The molecule has 1 atom stereocenters. The van der Waals surface area contributed by atoms with Gasteiger partial charge in [-0.25, -0.2) is 4.39 Å². The van der Waals surface area contributed by atoms with Crippen LogP contribution in [0, 0.1) is 12.8 Å². The van der Waals surface area contributed by atoms with Crippen molar-refractivity contribution in [2.75, 3.05) is 6.61 Å². The Bertz CT molecular complexity index is 436. The van der Waals surface area contributed by atoms with Crippen molar-refractivity contribution in [1.82, 2.24) is 0 Å². The summed E-state index contributed by atoms with van der Waals surface area (Å²) in [6.07, 6.45) is 5.23. The zero-order chi connectivity index (χ0) is 16.5. The Balaban J connectivity index is 3.03. The Labute approximate surface area is 136 Å². The van der Waals surface area contributed by atoms with Gasteiger partial charge in [0.2, 0.25) is 0 Å². The summed E-state index contributed by atoms with van der Waals surface area (Å²) in [5, 5.41) is 0. The van der Waals surface area contributed by atoms with Crippen LogP contribution in [0.5, 0.6) is 5.75 Å². The summed E-state index contributed by atoms with van der Waals surface area (Å²) in [5.74, 6) is 1.72. The molecule has 0 saturated heterocycles. The zero-order valence-corrected chi connectivity index (χ0v) is 15.0. The third-order valence-corrected chi connectivity index (χ3v) is 4.33. The summed E-state index contributed by atoms with van der Waals surface area (Å²) < 4.78 is 19.1. The predicted molar refractivity (Wildman–Crippen MR) is 93.6 cm³/mol. The van der Waals surface area contributed by atoms with Crippen LogP contribution in [-0.2, 0) is 12.8 Å². The molecule has 0 amide bonds. The molecule has 1 rings (SSSR count). The maximum absolute atomic E-state index is 13.1. The van der Waals surface area contributed by atoms with E-state index in [1.165, 1.54) is 29.5 Å². The van der Waals surface area contributed by atoms with Crippen LogP contribution in [0.1, 0.15) is 70.1 Å². The van der Waals surface area contributed by atoms with Gasteiger partial charge in [0.1, 0.15) is 11.9 Å². The molecule has 1 aromatic carbocycles. The van der Waals surface area contributed by atoms with Crippen LogP contribution in [0.3, 0.4) is 0 Å². The average molecular weight is 308 g/mol. The fraction of sp³-hybridized carbons (Fsp3) is 0.700. The molecule has 0 bridgehead atoms. The molecule has 0 N–H and O–H groups in total. The van der Waals surface area contributed by atoms with Crippen LogP contribution in [0.2, 0.25) is 0 Å². The molecule has 0 aliphatic heterocycles. The summed E-state index contributed by atoms with van der Waals surface area (Å²) >= 11 is 0. The van der Waals surface area contributed by atoms with Crippen LogP contribution in [0.4, 0.5) is 4.39 Å². The lowest BCUT2D eigenvalue weighted by molar-refractivity contribution is 0.243. The summed E-state index contributed by atoms with van der Waals surface area (Å²) in [7, 11) is 0. The van der Waals surface area contributed by atoms with E-state index in [0.29, 0.717) is 18.9 Å². The smallest absolute Gasteiger partial charge is 0.125 e. The van der Waals surface area contributed by atoms with Gasteiger partial charge in [0.05, 0.1) is 6.61 Å². The van der Waals surface area contributed by atoms with Crippen LogP contribution in [0.25, 0.3) is 0 Å². The monoisotopic (exact) mass is 308 g/mol. The highest BCUT2D eigenvalue weighted by atomic mass is 19.1. The average Bonchev–Trinajstić information content (AvgIpc) is 2.47. The fourth-order valence-electron chi connectivity index (χ4n) is 2.93. The number of hydrogen-bond donors (Lipinski definition) is 0. The van der Waals surface area contributed by atoms with Crippen LogP contribution >= 0.6 is 0 Å². The number of hydrogen-bond acceptors (Lipinski definition) is 1. The molecule has 0 fully saturated rings. The first-order chi connectivity index (χ1) is 10.5. The maximum Gasteiger partial charge on any atom is 0.125 e. The lowest BCUT2D eigenvalue weighted by Gasteiger charge is -2.20. The number of rotatable bonds is 10. The quantitative estimate of drug-likeness (QED) is 0.511. The number of aryl methyl sites for hydroxylation is 2. The highest BCUT2D eigenvalue weighted by molar-refractivity contribution is 5.45. The second-order valence-electron chi connectivity index (χ2n) is 6.47. The molecule has 0 radical (unpaired) electrons. The van der Waals surface area contributed by atoms with E-state index in [4.69, 9.17) is 4.74 Å². The molecule has 1 unspecified atom stereocenters. The molecule has 22 heavy (non-hydrogen) atoms. The van der Waals surface area contributed by atoms with Crippen LogP contribution in [-0.4, -0.2) is 12.8 Å². The highest BCUT2D eigenvalue weighted by Gasteiger charge is 2.15. The minimum absolute atomic E-state index is 0.462. The Morgan fingerprint density at radius 3 is 2.27 bits per heavy atom. The van der Waals surface area contributed by atoms with Gasteiger partial charge in [-0.2, -0.15) is 0 Å². The summed E-state index contributed by atoms with van der Waals surface area (Å²) in [6, 6.07) is 4.49. The zero-order valence-electron chi connectivity index (χ0n) is 15.0. The normalized spacial score (nSPS) is 12.7. The molecule has 0 heterocycles. The minimum Gasteiger partial charge on any atom is -0.493 e. The van der Waals surface area contributed by atoms with Gasteiger partial charge in [-0.15, -0.1) is 0 Å². The van der Waals surface area contributed by atoms with Crippen molar-refractivity contribution in [2.24, 2.45) is 5.92 Å². The van der Waals surface area contributed by atoms with E-state index in [0.717, 1.165) is 25.0 Å². The molecule has 0 spiro atoms. The first-order valence-corrected chi connectivity index (χ1v) is 8.90. The van der Waals surface area contributed by atoms with Gasteiger partial charge in [0, 0.05) is 6.42 Å². The van der Waals surface area contributed by atoms with Gasteiger partial charge in [0.25, 0.3) is 0 Å².